The highest BCUT2D eigenvalue weighted by atomic mass is 16.4. The maximum Gasteiger partial charge on any atom is 0.323 e. The number of carboxylic acids is 1. The van der Waals surface area contributed by atoms with Crippen LogP contribution >= 0.6 is 0 Å². The summed E-state index contributed by atoms with van der Waals surface area (Å²) in [6.07, 6.45) is 6.41. The van der Waals surface area contributed by atoms with Crippen molar-refractivity contribution in [1.82, 2.24) is 5.32 Å². The van der Waals surface area contributed by atoms with Crippen molar-refractivity contribution < 1.29 is 9.90 Å². The van der Waals surface area contributed by atoms with Gasteiger partial charge in [-0.25, -0.2) is 0 Å². The number of fused-ring (bicyclic) bond motifs is 1. The van der Waals surface area contributed by atoms with Gasteiger partial charge in [-0.05, 0) is 67.6 Å². The van der Waals surface area contributed by atoms with Gasteiger partial charge in [0.2, 0.25) is 0 Å². The molecular formula is C20H31NO2. The molecule has 0 aromatic heterocycles. The Labute approximate surface area is 140 Å². The van der Waals surface area contributed by atoms with E-state index in [0.29, 0.717) is 13.0 Å². The molecular weight excluding hydrogens is 286 g/mol. The van der Waals surface area contributed by atoms with Crippen LogP contribution in [0.5, 0.6) is 0 Å². The number of hydrogen-bond donors (Lipinski definition) is 2. The fraction of sp³-hybridized carbons (Fsp3) is 0.650. The largest absolute Gasteiger partial charge is 0.480 e. The van der Waals surface area contributed by atoms with E-state index >= 15 is 0 Å². The Hall–Kier alpha value is -1.35. The molecule has 0 spiro atoms. The molecule has 23 heavy (non-hydrogen) atoms. The zero-order valence-electron chi connectivity index (χ0n) is 15.0. The molecule has 1 atom stereocenters. The van der Waals surface area contributed by atoms with Gasteiger partial charge in [-0.2, -0.15) is 0 Å². The Balaban J connectivity index is 2.02. The third kappa shape index (κ3) is 5.07. The number of rotatable bonds is 6. The highest BCUT2D eigenvalue weighted by molar-refractivity contribution is 5.78. The predicted octanol–water partition coefficient (Wildman–Crippen LogP) is 4.32. The van der Waals surface area contributed by atoms with Crippen LogP contribution in [0, 0.1) is 5.41 Å². The molecule has 1 aliphatic rings. The number of benzene rings is 1. The number of aliphatic carboxylic acids is 1. The Morgan fingerprint density at radius 2 is 1.74 bits per heavy atom. The van der Waals surface area contributed by atoms with Gasteiger partial charge in [-0.15, -0.1) is 0 Å². The van der Waals surface area contributed by atoms with E-state index < -0.39 is 11.5 Å². The van der Waals surface area contributed by atoms with Gasteiger partial charge in [0.25, 0.3) is 0 Å². The fourth-order valence-electron chi connectivity index (χ4n) is 3.09. The van der Waals surface area contributed by atoms with E-state index in [0.717, 1.165) is 12.8 Å². The fourth-order valence-corrected chi connectivity index (χ4v) is 3.09. The normalized spacial score (nSPS) is 17.4. The Kier molecular flexibility index (Phi) is 5.51. The monoisotopic (exact) mass is 317 g/mol. The summed E-state index contributed by atoms with van der Waals surface area (Å²) in [4.78, 5) is 11.7. The van der Waals surface area contributed by atoms with Crippen LogP contribution < -0.4 is 5.32 Å². The molecule has 0 bridgehead atoms. The van der Waals surface area contributed by atoms with E-state index in [4.69, 9.17) is 0 Å². The summed E-state index contributed by atoms with van der Waals surface area (Å²) < 4.78 is 0. The molecule has 0 saturated heterocycles. The number of hydrogen-bond acceptors (Lipinski definition) is 2. The van der Waals surface area contributed by atoms with Crippen molar-refractivity contribution in [3.05, 3.63) is 34.9 Å². The summed E-state index contributed by atoms with van der Waals surface area (Å²) in [6.45, 7) is 8.87. The molecule has 1 aromatic carbocycles. The van der Waals surface area contributed by atoms with E-state index in [1.165, 1.54) is 36.0 Å². The maximum atomic E-state index is 11.7. The lowest BCUT2D eigenvalue weighted by Gasteiger charge is -2.30. The third-order valence-corrected chi connectivity index (χ3v) is 4.94. The molecule has 3 heteroatoms. The zero-order valence-corrected chi connectivity index (χ0v) is 15.0. The second-order valence-electron chi connectivity index (χ2n) is 8.36. The molecule has 0 amide bonds. The van der Waals surface area contributed by atoms with Gasteiger partial charge in [0.15, 0.2) is 0 Å². The molecule has 0 aliphatic heterocycles. The number of aryl methyl sites for hydroxylation is 2. The lowest BCUT2D eigenvalue weighted by atomic mass is 9.83. The smallest absolute Gasteiger partial charge is 0.323 e. The van der Waals surface area contributed by atoms with Gasteiger partial charge in [-0.1, -0.05) is 39.0 Å². The maximum absolute atomic E-state index is 11.7. The van der Waals surface area contributed by atoms with Crippen molar-refractivity contribution in [1.29, 1.82) is 0 Å². The van der Waals surface area contributed by atoms with Crippen molar-refractivity contribution in [3.63, 3.8) is 0 Å². The van der Waals surface area contributed by atoms with Crippen LogP contribution in [0.25, 0.3) is 0 Å². The van der Waals surface area contributed by atoms with E-state index in [1.54, 1.807) is 6.92 Å². The van der Waals surface area contributed by atoms with Gasteiger partial charge in [-0.3, -0.25) is 10.1 Å². The van der Waals surface area contributed by atoms with Crippen molar-refractivity contribution in [2.45, 2.75) is 78.3 Å². The standard InChI is InChI=1S/C20H31NO2/c1-19(2,3)11-12-20(4,18(22)23)21-14-15-9-10-16-7-5-6-8-17(16)13-15/h9-10,13,21H,5-8,11-12,14H2,1-4H3,(H,22,23)/t20-/m1/s1. The summed E-state index contributed by atoms with van der Waals surface area (Å²) >= 11 is 0. The van der Waals surface area contributed by atoms with E-state index in [1.807, 2.05) is 0 Å². The quantitative estimate of drug-likeness (QED) is 0.821. The number of nitrogens with one attached hydrogen (secondary N) is 1. The average Bonchev–Trinajstić information content (AvgIpc) is 2.50. The molecule has 2 rings (SSSR count). The molecule has 0 heterocycles. The topological polar surface area (TPSA) is 49.3 Å². The Morgan fingerprint density at radius 1 is 1.09 bits per heavy atom. The SMILES string of the molecule is CC(C)(C)CC[C@@](C)(NCc1ccc2c(c1)CCCC2)C(=O)O. The van der Waals surface area contributed by atoms with Gasteiger partial charge < -0.3 is 5.11 Å². The second-order valence-corrected chi connectivity index (χ2v) is 8.36. The van der Waals surface area contributed by atoms with Crippen LogP contribution in [0.3, 0.4) is 0 Å². The van der Waals surface area contributed by atoms with Crippen LogP contribution in [0.15, 0.2) is 18.2 Å². The summed E-state index contributed by atoms with van der Waals surface area (Å²) in [6, 6.07) is 6.62. The second kappa shape index (κ2) is 7.04. The zero-order chi connectivity index (χ0) is 17.1. The van der Waals surface area contributed by atoms with Crippen LogP contribution in [0.2, 0.25) is 0 Å². The first-order valence-electron chi connectivity index (χ1n) is 8.79. The highest BCUT2D eigenvalue weighted by Crippen LogP contribution is 2.27. The lowest BCUT2D eigenvalue weighted by Crippen LogP contribution is -2.49. The lowest BCUT2D eigenvalue weighted by molar-refractivity contribution is -0.144. The van der Waals surface area contributed by atoms with E-state index in [2.05, 4.69) is 44.3 Å². The predicted molar refractivity (Wildman–Crippen MR) is 94.7 cm³/mol. The molecule has 0 radical (unpaired) electrons. The minimum absolute atomic E-state index is 0.143. The Morgan fingerprint density at radius 3 is 2.35 bits per heavy atom. The van der Waals surface area contributed by atoms with Crippen LogP contribution in [0.4, 0.5) is 0 Å². The summed E-state index contributed by atoms with van der Waals surface area (Å²) in [5.74, 6) is -0.764. The first-order chi connectivity index (χ1) is 10.7. The number of carboxylic acid groups (broad SMARTS) is 1. The van der Waals surface area contributed by atoms with E-state index in [9.17, 15) is 9.90 Å². The summed E-state index contributed by atoms with van der Waals surface area (Å²) in [5, 5.41) is 12.9. The molecule has 0 fully saturated rings. The number of carbonyl (C=O) groups is 1. The molecule has 0 unspecified atom stereocenters. The van der Waals surface area contributed by atoms with Crippen LogP contribution in [-0.4, -0.2) is 16.6 Å². The van der Waals surface area contributed by atoms with Gasteiger partial charge in [0, 0.05) is 6.54 Å². The van der Waals surface area contributed by atoms with Gasteiger partial charge >= 0.3 is 5.97 Å². The van der Waals surface area contributed by atoms with Crippen molar-refractivity contribution in [2.24, 2.45) is 5.41 Å². The van der Waals surface area contributed by atoms with Gasteiger partial charge in [0.05, 0.1) is 0 Å². The highest BCUT2D eigenvalue weighted by Gasteiger charge is 2.33. The first kappa shape index (κ1) is 18.0. The Bertz CT molecular complexity index is 559. The van der Waals surface area contributed by atoms with Crippen LogP contribution in [0.1, 0.15) is 70.1 Å². The minimum Gasteiger partial charge on any atom is -0.480 e. The van der Waals surface area contributed by atoms with Crippen LogP contribution in [-0.2, 0) is 24.2 Å². The van der Waals surface area contributed by atoms with Crippen molar-refractivity contribution >= 4 is 5.97 Å². The van der Waals surface area contributed by atoms with E-state index in [-0.39, 0.29) is 5.41 Å². The molecule has 128 valence electrons. The first-order valence-corrected chi connectivity index (χ1v) is 8.79. The summed E-state index contributed by atoms with van der Waals surface area (Å²) in [7, 11) is 0. The minimum atomic E-state index is -0.872. The molecule has 1 aliphatic carbocycles. The molecule has 3 nitrogen and oxygen atoms in total. The average molecular weight is 317 g/mol. The third-order valence-electron chi connectivity index (χ3n) is 4.94. The molecule has 0 saturated carbocycles. The van der Waals surface area contributed by atoms with Crippen molar-refractivity contribution in [3.8, 4) is 0 Å². The summed E-state index contributed by atoms with van der Waals surface area (Å²) in [5.41, 5.74) is 3.37. The van der Waals surface area contributed by atoms with Crippen molar-refractivity contribution in [2.75, 3.05) is 0 Å². The van der Waals surface area contributed by atoms with Gasteiger partial charge in [0.1, 0.15) is 5.54 Å². The molecule has 2 N–H and O–H groups in total. The molecule has 1 aromatic rings.